The fourth-order valence-corrected chi connectivity index (χ4v) is 4.69. The maximum absolute atomic E-state index is 12.4. The first kappa shape index (κ1) is 30.5. The predicted octanol–water partition coefficient (Wildman–Crippen LogP) is 9.72. The molecule has 1 rings (SSSR count). The van der Waals surface area contributed by atoms with Gasteiger partial charge < -0.3 is 9.84 Å². The predicted molar refractivity (Wildman–Crippen MR) is 145 cm³/mol. The normalized spacial score (nSPS) is 12.6. The molecule has 1 aromatic carbocycles. The molecule has 1 atom stereocenters. The number of benzene rings is 1. The monoisotopic (exact) mass is 474 g/mol. The summed E-state index contributed by atoms with van der Waals surface area (Å²) in [5.74, 6) is 0.211. The van der Waals surface area contributed by atoms with E-state index < -0.39 is 0 Å². The molecule has 0 radical (unpaired) electrons. The molecule has 0 aliphatic rings. The van der Waals surface area contributed by atoms with Gasteiger partial charge >= 0.3 is 5.97 Å². The van der Waals surface area contributed by atoms with Crippen LogP contribution in [0.3, 0.4) is 0 Å². The molecule has 1 unspecified atom stereocenters. The van der Waals surface area contributed by atoms with Crippen LogP contribution in [0.25, 0.3) is 0 Å². The third-order valence-electron chi connectivity index (χ3n) is 6.97. The first-order valence-corrected chi connectivity index (χ1v) is 14.3. The molecule has 0 heterocycles. The number of hydrogen-bond acceptors (Lipinski definition) is 3. The summed E-state index contributed by atoms with van der Waals surface area (Å²) in [6, 6.07) is 7.20. The van der Waals surface area contributed by atoms with Crippen LogP contribution in [0, 0.1) is 5.41 Å². The molecule has 1 N–H and O–H groups in total. The first-order chi connectivity index (χ1) is 16.3. The second-order valence-corrected chi connectivity index (χ2v) is 11.2. The Morgan fingerprint density at radius 1 is 0.735 bits per heavy atom. The number of phenols is 1. The van der Waals surface area contributed by atoms with Crippen LogP contribution >= 0.6 is 0 Å². The van der Waals surface area contributed by atoms with E-state index in [1.54, 1.807) is 12.1 Å². The van der Waals surface area contributed by atoms with Crippen LogP contribution in [0.15, 0.2) is 24.3 Å². The van der Waals surface area contributed by atoms with E-state index in [0.29, 0.717) is 13.0 Å². The Bertz CT molecular complexity index is 615. The van der Waals surface area contributed by atoms with Crippen LogP contribution in [0.5, 0.6) is 5.75 Å². The lowest BCUT2D eigenvalue weighted by Gasteiger charge is -2.30. The SMILES string of the molecule is CCCCCCCCCCCCCCCCCCOC(=O)CC(c1ccc(O)cc1)C(C)(C)C. The van der Waals surface area contributed by atoms with E-state index in [4.69, 9.17) is 4.74 Å². The number of ether oxygens (including phenoxy) is 1. The average molecular weight is 475 g/mol. The van der Waals surface area contributed by atoms with Crippen LogP contribution in [-0.4, -0.2) is 17.7 Å². The van der Waals surface area contributed by atoms with Gasteiger partial charge in [0.15, 0.2) is 0 Å². The van der Waals surface area contributed by atoms with Gasteiger partial charge in [-0.3, -0.25) is 4.79 Å². The van der Waals surface area contributed by atoms with Crippen LogP contribution in [0.1, 0.15) is 148 Å². The summed E-state index contributed by atoms with van der Waals surface area (Å²) in [5, 5.41) is 9.55. The molecule has 0 aliphatic heterocycles. The molecule has 3 nitrogen and oxygen atoms in total. The highest BCUT2D eigenvalue weighted by molar-refractivity contribution is 5.70. The van der Waals surface area contributed by atoms with Gasteiger partial charge in [0.25, 0.3) is 0 Å². The summed E-state index contributed by atoms with van der Waals surface area (Å²) in [4.78, 5) is 12.4. The average Bonchev–Trinajstić information content (AvgIpc) is 2.79. The number of hydrogen-bond donors (Lipinski definition) is 1. The maximum Gasteiger partial charge on any atom is 0.306 e. The van der Waals surface area contributed by atoms with E-state index in [1.807, 2.05) is 12.1 Å². The lowest BCUT2D eigenvalue weighted by atomic mass is 9.74. The zero-order valence-corrected chi connectivity index (χ0v) is 22.9. The number of aromatic hydroxyl groups is 1. The second kappa shape index (κ2) is 18.8. The zero-order chi connectivity index (χ0) is 25.1. The Hall–Kier alpha value is -1.51. The van der Waals surface area contributed by atoms with Gasteiger partial charge in [0.1, 0.15) is 5.75 Å². The quantitative estimate of drug-likeness (QED) is 0.151. The fourth-order valence-electron chi connectivity index (χ4n) is 4.69. The van der Waals surface area contributed by atoms with Crippen molar-refractivity contribution in [3.05, 3.63) is 29.8 Å². The van der Waals surface area contributed by atoms with Crippen molar-refractivity contribution in [3.8, 4) is 5.75 Å². The highest BCUT2D eigenvalue weighted by Gasteiger charge is 2.29. The van der Waals surface area contributed by atoms with Gasteiger partial charge in [0.2, 0.25) is 0 Å². The Labute approximate surface area is 211 Å². The van der Waals surface area contributed by atoms with Crippen LogP contribution < -0.4 is 0 Å². The summed E-state index contributed by atoms with van der Waals surface area (Å²) < 4.78 is 5.54. The molecule has 3 heteroatoms. The topological polar surface area (TPSA) is 46.5 Å². The standard InChI is InChI=1S/C31H54O3/c1-5-6-7-8-9-10-11-12-13-14-15-16-17-18-19-20-25-34-30(33)26-29(31(2,3)4)27-21-23-28(32)24-22-27/h21-24,29,32H,5-20,25-26H2,1-4H3. The van der Waals surface area contributed by atoms with Gasteiger partial charge in [-0.25, -0.2) is 0 Å². The van der Waals surface area contributed by atoms with Crippen LogP contribution in [0.2, 0.25) is 0 Å². The number of phenolic OH excluding ortho intramolecular Hbond substituents is 1. The van der Waals surface area contributed by atoms with Crippen molar-refractivity contribution >= 4 is 5.97 Å². The van der Waals surface area contributed by atoms with Crippen molar-refractivity contribution in [3.63, 3.8) is 0 Å². The third-order valence-corrected chi connectivity index (χ3v) is 6.97. The molecular weight excluding hydrogens is 420 g/mol. The minimum atomic E-state index is -0.117. The van der Waals surface area contributed by atoms with Crippen molar-refractivity contribution in [1.82, 2.24) is 0 Å². The van der Waals surface area contributed by atoms with Crippen molar-refractivity contribution in [1.29, 1.82) is 0 Å². The molecule has 0 amide bonds. The lowest BCUT2D eigenvalue weighted by molar-refractivity contribution is -0.144. The van der Waals surface area contributed by atoms with Gasteiger partial charge in [0.05, 0.1) is 13.0 Å². The number of esters is 1. The summed E-state index contributed by atoms with van der Waals surface area (Å²) in [6.45, 7) is 9.25. The number of rotatable bonds is 20. The van der Waals surface area contributed by atoms with E-state index in [1.165, 1.54) is 89.9 Å². The smallest absolute Gasteiger partial charge is 0.306 e. The molecule has 0 fully saturated rings. The van der Waals surface area contributed by atoms with E-state index in [2.05, 4.69) is 27.7 Å². The third kappa shape index (κ3) is 15.4. The molecule has 0 spiro atoms. The van der Waals surface area contributed by atoms with Gasteiger partial charge in [-0.05, 0) is 35.4 Å². The second-order valence-electron chi connectivity index (χ2n) is 11.2. The molecule has 0 aromatic heterocycles. The first-order valence-electron chi connectivity index (χ1n) is 14.3. The summed E-state index contributed by atoms with van der Waals surface area (Å²) in [5.41, 5.74) is 1.02. The van der Waals surface area contributed by atoms with Crippen molar-refractivity contribution in [2.45, 2.75) is 143 Å². The largest absolute Gasteiger partial charge is 0.508 e. The molecular formula is C31H54O3. The highest BCUT2D eigenvalue weighted by atomic mass is 16.5. The van der Waals surface area contributed by atoms with Crippen LogP contribution in [-0.2, 0) is 9.53 Å². The summed E-state index contributed by atoms with van der Waals surface area (Å²) in [7, 11) is 0. The van der Waals surface area contributed by atoms with E-state index in [0.717, 1.165) is 18.4 Å². The zero-order valence-electron chi connectivity index (χ0n) is 22.9. The Balaban J connectivity index is 1.99. The van der Waals surface area contributed by atoms with Gasteiger partial charge in [-0.2, -0.15) is 0 Å². The molecule has 0 aliphatic carbocycles. The Kier molecular flexibility index (Phi) is 16.9. The van der Waals surface area contributed by atoms with Crippen molar-refractivity contribution in [2.24, 2.45) is 5.41 Å². The van der Waals surface area contributed by atoms with Crippen molar-refractivity contribution in [2.75, 3.05) is 6.61 Å². The lowest BCUT2D eigenvalue weighted by Crippen LogP contribution is -2.22. The minimum Gasteiger partial charge on any atom is -0.508 e. The van der Waals surface area contributed by atoms with Gasteiger partial charge in [0, 0.05) is 0 Å². The Morgan fingerprint density at radius 3 is 1.56 bits per heavy atom. The number of unbranched alkanes of at least 4 members (excludes halogenated alkanes) is 15. The number of carbonyl (C=O) groups is 1. The van der Waals surface area contributed by atoms with Gasteiger partial charge in [-0.1, -0.05) is 136 Å². The molecule has 196 valence electrons. The van der Waals surface area contributed by atoms with Crippen LogP contribution in [0.4, 0.5) is 0 Å². The maximum atomic E-state index is 12.4. The van der Waals surface area contributed by atoms with Crippen molar-refractivity contribution < 1.29 is 14.6 Å². The summed E-state index contributed by atoms with van der Waals surface area (Å²) in [6.07, 6.45) is 21.9. The van der Waals surface area contributed by atoms with E-state index in [-0.39, 0.29) is 23.1 Å². The molecule has 0 saturated heterocycles. The van der Waals surface area contributed by atoms with Gasteiger partial charge in [-0.15, -0.1) is 0 Å². The minimum absolute atomic E-state index is 0.0514. The van der Waals surface area contributed by atoms with E-state index in [9.17, 15) is 9.90 Å². The summed E-state index contributed by atoms with van der Waals surface area (Å²) >= 11 is 0. The molecule has 0 saturated carbocycles. The molecule has 1 aromatic rings. The number of carbonyl (C=O) groups excluding carboxylic acids is 1. The van der Waals surface area contributed by atoms with E-state index >= 15 is 0 Å². The highest BCUT2D eigenvalue weighted by Crippen LogP contribution is 2.38. The fraction of sp³-hybridized carbons (Fsp3) is 0.774. The Morgan fingerprint density at radius 2 is 1.15 bits per heavy atom. The molecule has 34 heavy (non-hydrogen) atoms. The molecule has 0 bridgehead atoms.